The number of aryl methyl sites for hydroxylation is 1. The third kappa shape index (κ3) is 4.68. The van der Waals surface area contributed by atoms with Crippen LogP contribution in [0.25, 0.3) is 11.4 Å². The molecule has 2 heterocycles. The molecule has 1 aromatic carbocycles. The number of nitrogens with one attached hydrogen (secondary N) is 1. The fraction of sp³-hybridized carbons (Fsp3) is 0.316. The summed E-state index contributed by atoms with van der Waals surface area (Å²) in [6, 6.07) is 7.36. The number of benzene rings is 1. The molecule has 9 heteroatoms. The Morgan fingerprint density at radius 2 is 2.14 bits per heavy atom. The van der Waals surface area contributed by atoms with Gasteiger partial charge in [0.2, 0.25) is 5.91 Å². The number of halogens is 1. The normalized spacial score (nSPS) is 11.1. The van der Waals surface area contributed by atoms with Crippen LogP contribution in [0.4, 0.5) is 5.69 Å². The predicted octanol–water partition coefficient (Wildman–Crippen LogP) is 5.29. The summed E-state index contributed by atoms with van der Waals surface area (Å²) in [7, 11) is 1.55. The lowest BCUT2D eigenvalue weighted by Gasteiger charge is -2.13. The smallest absolute Gasteiger partial charge is 0.234 e. The summed E-state index contributed by atoms with van der Waals surface area (Å²) < 4.78 is 7.32. The van der Waals surface area contributed by atoms with Crippen molar-refractivity contribution in [1.82, 2.24) is 14.8 Å². The standard InChI is InChI=1S/C19H21ClN4O2S2/c1-11(2)24-18(13-7-12(3)27-9-13)22-23-19(24)28-10-17(25)21-15-8-14(20)5-6-16(15)26-4/h5-9,11H,10H2,1-4H3,(H,21,25). The molecule has 2 aromatic heterocycles. The van der Waals surface area contributed by atoms with Crippen LogP contribution in [0.15, 0.2) is 34.8 Å². The highest BCUT2D eigenvalue weighted by molar-refractivity contribution is 7.99. The number of carbonyl (C=O) groups is 1. The lowest BCUT2D eigenvalue weighted by Crippen LogP contribution is -2.15. The van der Waals surface area contributed by atoms with Crippen molar-refractivity contribution in [2.75, 3.05) is 18.2 Å². The van der Waals surface area contributed by atoms with Gasteiger partial charge in [0.25, 0.3) is 0 Å². The molecule has 1 N–H and O–H groups in total. The molecule has 148 valence electrons. The van der Waals surface area contributed by atoms with Crippen LogP contribution in [0.1, 0.15) is 24.8 Å². The minimum absolute atomic E-state index is 0.170. The van der Waals surface area contributed by atoms with Crippen LogP contribution in [-0.4, -0.2) is 33.5 Å². The van der Waals surface area contributed by atoms with Gasteiger partial charge in [0.05, 0.1) is 18.6 Å². The second-order valence-corrected chi connectivity index (χ2v) is 8.89. The maximum Gasteiger partial charge on any atom is 0.234 e. The Labute approximate surface area is 177 Å². The number of ether oxygens (including phenoxy) is 1. The van der Waals surface area contributed by atoms with Gasteiger partial charge in [-0.05, 0) is 45.0 Å². The summed E-state index contributed by atoms with van der Waals surface area (Å²) in [5.74, 6) is 1.40. The van der Waals surface area contributed by atoms with Gasteiger partial charge in [0.1, 0.15) is 5.75 Å². The van der Waals surface area contributed by atoms with E-state index in [4.69, 9.17) is 16.3 Å². The second kappa shape index (κ2) is 8.98. The van der Waals surface area contributed by atoms with Crippen LogP contribution in [0, 0.1) is 6.92 Å². The van der Waals surface area contributed by atoms with Gasteiger partial charge in [-0.15, -0.1) is 21.5 Å². The number of amides is 1. The maximum atomic E-state index is 12.4. The molecule has 0 bridgehead atoms. The molecule has 0 atom stereocenters. The van der Waals surface area contributed by atoms with Gasteiger partial charge in [-0.3, -0.25) is 9.36 Å². The number of methoxy groups -OCH3 is 1. The van der Waals surface area contributed by atoms with E-state index in [2.05, 4.69) is 52.3 Å². The zero-order valence-electron chi connectivity index (χ0n) is 16.0. The molecule has 0 radical (unpaired) electrons. The van der Waals surface area contributed by atoms with Gasteiger partial charge < -0.3 is 10.1 Å². The SMILES string of the molecule is COc1ccc(Cl)cc1NC(=O)CSc1nnc(-c2csc(C)c2)n1C(C)C. The van der Waals surface area contributed by atoms with E-state index in [1.165, 1.54) is 16.6 Å². The first-order valence-electron chi connectivity index (χ1n) is 8.65. The molecule has 0 aliphatic heterocycles. The molecule has 0 aliphatic carbocycles. The van der Waals surface area contributed by atoms with Crippen molar-refractivity contribution in [3.63, 3.8) is 0 Å². The van der Waals surface area contributed by atoms with E-state index >= 15 is 0 Å². The molecular formula is C19H21ClN4O2S2. The summed E-state index contributed by atoms with van der Waals surface area (Å²) in [6.45, 7) is 6.22. The minimum Gasteiger partial charge on any atom is -0.495 e. The van der Waals surface area contributed by atoms with Crippen molar-refractivity contribution < 1.29 is 9.53 Å². The number of hydrogen-bond acceptors (Lipinski definition) is 6. The zero-order valence-corrected chi connectivity index (χ0v) is 18.4. The number of anilines is 1. The van der Waals surface area contributed by atoms with Crippen molar-refractivity contribution in [3.05, 3.63) is 39.5 Å². The molecule has 6 nitrogen and oxygen atoms in total. The highest BCUT2D eigenvalue weighted by Gasteiger charge is 2.19. The van der Waals surface area contributed by atoms with Crippen molar-refractivity contribution >= 4 is 46.3 Å². The molecule has 0 aliphatic rings. The van der Waals surface area contributed by atoms with Gasteiger partial charge in [-0.25, -0.2) is 0 Å². The minimum atomic E-state index is -0.170. The third-order valence-electron chi connectivity index (χ3n) is 3.94. The molecule has 0 saturated heterocycles. The Morgan fingerprint density at radius 1 is 1.36 bits per heavy atom. The molecule has 0 unspecified atom stereocenters. The summed E-state index contributed by atoms with van der Waals surface area (Å²) in [6.07, 6.45) is 0. The van der Waals surface area contributed by atoms with Gasteiger partial charge in [-0.1, -0.05) is 23.4 Å². The largest absolute Gasteiger partial charge is 0.495 e. The zero-order chi connectivity index (χ0) is 20.3. The van der Waals surface area contributed by atoms with Crippen LogP contribution in [0.5, 0.6) is 5.75 Å². The first-order chi connectivity index (χ1) is 13.4. The Bertz CT molecular complexity index is 984. The van der Waals surface area contributed by atoms with Crippen molar-refractivity contribution in [1.29, 1.82) is 0 Å². The fourth-order valence-electron chi connectivity index (χ4n) is 2.69. The van der Waals surface area contributed by atoms with E-state index in [0.29, 0.717) is 21.6 Å². The van der Waals surface area contributed by atoms with Crippen LogP contribution < -0.4 is 10.1 Å². The summed E-state index contributed by atoms with van der Waals surface area (Å²) >= 11 is 9.04. The van der Waals surface area contributed by atoms with Gasteiger partial charge in [-0.2, -0.15) is 0 Å². The topological polar surface area (TPSA) is 69.0 Å². The van der Waals surface area contributed by atoms with E-state index in [-0.39, 0.29) is 17.7 Å². The van der Waals surface area contributed by atoms with Crippen molar-refractivity contribution in [3.8, 4) is 17.1 Å². The molecule has 0 saturated carbocycles. The molecule has 3 rings (SSSR count). The number of nitrogens with zero attached hydrogens (tertiary/aromatic N) is 3. The van der Waals surface area contributed by atoms with Crippen LogP contribution in [0.2, 0.25) is 5.02 Å². The van der Waals surface area contributed by atoms with Gasteiger partial charge in [0.15, 0.2) is 11.0 Å². The van der Waals surface area contributed by atoms with Crippen LogP contribution in [0.3, 0.4) is 0 Å². The van der Waals surface area contributed by atoms with E-state index in [0.717, 1.165) is 11.4 Å². The van der Waals surface area contributed by atoms with Crippen LogP contribution >= 0.6 is 34.7 Å². The summed E-state index contributed by atoms with van der Waals surface area (Å²) in [5.41, 5.74) is 1.59. The number of hydrogen-bond donors (Lipinski definition) is 1. The van der Waals surface area contributed by atoms with E-state index in [1.807, 2.05) is 0 Å². The summed E-state index contributed by atoms with van der Waals surface area (Å²) in [4.78, 5) is 13.7. The number of thioether (sulfide) groups is 1. The Morgan fingerprint density at radius 3 is 2.79 bits per heavy atom. The van der Waals surface area contributed by atoms with E-state index < -0.39 is 0 Å². The molecule has 1 amide bonds. The number of thiophene rings is 1. The first-order valence-corrected chi connectivity index (χ1v) is 10.9. The lowest BCUT2D eigenvalue weighted by molar-refractivity contribution is -0.113. The van der Waals surface area contributed by atoms with E-state index in [9.17, 15) is 4.79 Å². The average molecular weight is 437 g/mol. The number of aromatic nitrogens is 3. The molecule has 0 spiro atoms. The second-order valence-electron chi connectivity index (χ2n) is 6.40. The third-order valence-corrected chi connectivity index (χ3v) is 5.98. The van der Waals surface area contributed by atoms with Crippen molar-refractivity contribution in [2.24, 2.45) is 0 Å². The molecule has 28 heavy (non-hydrogen) atoms. The van der Waals surface area contributed by atoms with Crippen LogP contribution in [-0.2, 0) is 4.79 Å². The number of rotatable bonds is 7. The fourth-order valence-corrected chi connectivity index (χ4v) is 4.41. The lowest BCUT2D eigenvalue weighted by atomic mass is 10.3. The summed E-state index contributed by atoms with van der Waals surface area (Å²) in [5, 5.41) is 14.8. The Hall–Kier alpha value is -2.03. The van der Waals surface area contributed by atoms with Crippen molar-refractivity contribution in [2.45, 2.75) is 32.0 Å². The Balaban J connectivity index is 1.73. The monoisotopic (exact) mass is 436 g/mol. The van der Waals surface area contributed by atoms with Gasteiger partial charge >= 0.3 is 0 Å². The highest BCUT2D eigenvalue weighted by Crippen LogP contribution is 2.31. The number of carbonyl (C=O) groups excluding carboxylic acids is 1. The van der Waals surface area contributed by atoms with E-state index in [1.54, 1.807) is 36.6 Å². The predicted molar refractivity (Wildman–Crippen MR) is 116 cm³/mol. The quantitative estimate of drug-likeness (QED) is 0.509. The molecule has 3 aromatic rings. The molecular weight excluding hydrogens is 416 g/mol. The maximum absolute atomic E-state index is 12.4. The molecule has 0 fully saturated rings. The van der Waals surface area contributed by atoms with Gasteiger partial charge in [0, 0.05) is 26.9 Å². The first kappa shape index (κ1) is 20.7. The average Bonchev–Trinajstić information content (AvgIpc) is 3.26. The Kier molecular flexibility index (Phi) is 6.64. The highest BCUT2D eigenvalue weighted by atomic mass is 35.5.